The van der Waals surface area contributed by atoms with Crippen molar-refractivity contribution in [3.63, 3.8) is 0 Å². The summed E-state index contributed by atoms with van der Waals surface area (Å²) in [5, 5.41) is 2.73. The second kappa shape index (κ2) is 6.60. The highest BCUT2D eigenvalue weighted by Crippen LogP contribution is 2.25. The van der Waals surface area contributed by atoms with Gasteiger partial charge in [-0.2, -0.15) is 0 Å². The summed E-state index contributed by atoms with van der Waals surface area (Å²) in [5.41, 5.74) is 1.66. The quantitative estimate of drug-likeness (QED) is 0.926. The molecule has 2 aromatic rings. The molecule has 114 valence electrons. The molecule has 0 atom stereocenters. The van der Waals surface area contributed by atoms with E-state index in [-0.39, 0.29) is 11.7 Å². The maximum Gasteiger partial charge on any atom is 0.255 e. The van der Waals surface area contributed by atoms with Crippen LogP contribution in [0.15, 0.2) is 48.5 Å². The van der Waals surface area contributed by atoms with Crippen LogP contribution in [0.3, 0.4) is 0 Å². The molecule has 1 N–H and O–H groups in total. The lowest BCUT2D eigenvalue weighted by Crippen LogP contribution is -2.30. The van der Waals surface area contributed by atoms with Crippen molar-refractivity contribution >= 4 is 17.3 Å². The molecule has 3 rings (SSSR count). The molecule has 0 bridgehead atoms. The summed E-state index contributed by atoms with van der Waals surface area (Å²) < 4.78 is 14.3. The van der Waals surface area contributed by atoms with Gasteiger partial charge in [0.2, 0.25) is 0 Å². The lowest BCUT2D eigenvalue weighted by molar-refractivity contribution is 0.102. The summed E-state index contributed by atoms with van der Waals surface area (Å²) in [4.78, 5) is 14.1. The van der Waals surface area contributed by atoms with Crippen LogP contribution in [0.2, 0.25) is 0 Å². The van der Waals surface area contributed by atoms with Crippen LogP contribution in [-0.4, -0.2) is 19.0 Å². The molecule has 0 saturated carbocycles. The van der Waals surface area contributed by atoms with E-state index in [0.29, 0.717) is 16.9 Å². The van der Waals surface area contributed by atoms with Gasteiger partial charge in [-0.3, -0.25) is 4.79 Å². The Morgan fingerprint density at radius 2 is 1.73 bits per heavy atom. The Morgan fingerprint density at radius 3 is 2.41 bits per heavy atom. The highest BCUT2D eigenvalue weighted by atomic mass is 19.1. The zero-order valence-corrected chi connectivity index (χ0v) is 12.4. The highest BCUT2D eigenvalue weighted by molar-refractivity contribution is 6.04. The molecule has 4 heteroatoms. The number of carbonyl (C=O) groups excluding carboxylic acids is 1. The first-order chi connectivity index (χ1) is 10.7. The average molecular weight is 298 g/mol. The Hall–Kier alpha value is -2.36. The Labute approximate surface area is 129 Å². The Kier molecular flexibility index (Phi) is 4.37. The summed E-state index contributed by atoms with van der Waals surface area (Å²) in [5.74, 6) is -0.515. The van der Waals surface area contributed by atoms with Crippen LogP contribution in [0.25, 0.3) is 0 Å². The van der Waals surface area contributed by atoms with E-state index in [0.717, 1.165) is 25.9 Å². The number of hydrogen-bond acceptors (Lipinski definition) is 2. The van der Waals surface area contributed by atoms with Gasteiger partial charge in [0.05, 0.1) is 5.69 Å². The van der Waals surface area contributed by atoms with E-state index in [4.69, 9.17) is 0 Å². The standard InChI is InChI=1S/C18H19FN2O/c19-16-13-15(20-18(22)14-7-3-1-4-8-14)9-10-17(16)21-11-5-2-6-12-21/h1,3-4,7-10,13H,2,5-6,11-12H2,(H,20,22). The Bertz CT molecular complexity index is 651. The zero-order chi connectivity index (χ0) is 15.4. The van der Waals surface area contributed by atoms with Gasteiger partial charge >= 0.3 is 0 Å². The number of nitrogens with one attached hydrogen (secondary N) is 1. The molecule has 0 aromatic heterocycles. The number of rotatable bonds is 3. The summed E-state index contributed by atoms with van der Waals surface area (Å²) in [6, 6.07) is 13.8. The molecule has 2 aromatic carbocycles. The second-order valence-electron chi connectivity index (χ2n) is 5.53. The fraction of sp³-hybridized carbons (Fsp3) is 0.278. The summed E-state index contributed by atoms with van der Waals surface area (Å²) in [6.07, 6.45) is 3.42. The van der Waals surface area contributed by atoms with Crippen LogP contribution in [0.4, 0.5) is 15.8 Å². The molecule has 1 amide bonds. The van der Waals surface area contributed by atoms with Crippen molar-refractivity contribution in [3.8, 4) is 0 Å². The van der Waals surface area contributed by atoms with Crippen molar-refractivity contribution in [2.24, 2.45) is 0 Å². The van der Waals surface area contributed by atoms with Crippen LogP contribution in [0, 0.1) is 5.82 Å². The Morgan fingerprint density at radius 1 is 1.00 bits per heavy atom. The molecule has 1 aliphatic heterocycles. The van der Waals surface area contributed by atoms with Gasteiger partial charge in [-0.1, -0.05) is 18.2 Å². The molecule has 0 aliphatic carbocycles. The number of hydrogen-bond donors (Lipinski definition) is 1. The van der Waals surface area contributed by atoms with E-state index in [1.165, 1.54) is 12.5 Å². The number of piperidine rings is 1. The van der Waals surface area contributed by atoms with Crippen molar-refractivity contribution in [1.82, 2.24) is 0 Å². The summed E-state index contributed by atoms with van der Waals surface area (Å²) in [7, 11) is 0. The molecular formula is C18H19FN2O. The highest BCUT2D eigenvalue weighted by Gasteiger charge is 2.15. The average Bonchev–Trinajstić information content (AvgIpc) is 2.56. The predicted octanol–water partition coefficient (Wildman–Crippen LogP) is 4.07. The molecule has 0 radical (unpaired) electrons. The molecule has 0 spiro atoms. The third kappa shape index (κ3) is 3.27. The van der Waals surface area contributed by atoms with Gasteiger partial charge in [0.1, 0.15) is 5.82 Å². The lowest BCUT2D eigenvalue weighted by atomic mass is 10.1. The van der Waals surface area contributed by atoms with E-state index in [2.05, 4.69) is 10.2 Å². The van der Waals surface area contributed by atoms with Crippen molar-refractivity contribution in [2.45, 2.75) is 19.3 Å². The van der Waals surface area contributed by atoms with E-state index in [9.17, 15) is 9.18 Å². The van der Waals surface area contributed by atoms with Gasteiger partial charge in [-0.15, -0.1) is 0 Å². The summed E-state index contributed by atoms with van der Waals surface area (Å²) in [6.45, 7) is 1.79. The minimum Gasteiger partial charge on any atom is -0.369 e. The minimum absolute atomic E-state index is 0.231. The van der Waals surface area contributed by atoms with Gasteiger partial charge < -0.3 is 10.2 Å². The maximum atomic E-state index is 14.3. The van der Waals surface area contributed by atoms with Crippen molar-refractivity contribution in [1.29, 1.82) is 0 Å². The third-order valence-corrected chi connectivity index (χ3v) is 3.94. The largest absolute Gasteiger partial charge is 0.369 e. The lowest BCUT2D eigenvalue weighted by Gasteiger charge is -2.29. The van der Waals surface area contributed by atoms with Gasteiger partial charge in [0, 0.05) is 24.3 Å². The first-order valence-electron chi connectivity index (χ1n) is 7.65. The van der Waals surface area contributed by atoms with Crippen LogP contribution in [0.5, 0.6) is 0 Å². The second-order valence-corrected chi connectivity index (χ2v) is 5.53. The molecule has 22 heavy (non-hydrogen) atoms. The van der Waals surface area contributed by atoms with Crippen LogP contribution in [0.1, 0.15) is 29.6 Å². The van der Waals surface area contributed by atoms with Crippen LogP contribution >= 0.6 is 0 Å². The third-order valence-electron chi connectivity index (χ3n) is 3.94. The monoisotopic (exact) mass is 298 g/mol. The van der Waals surface area contributed by atoms with Crippen molar-refractivity contribution < 1.29 is 9.18 Å². The number of benzene rings is 2. The maximum absolute atomic E-state index is 14.3. The molecule has 1 aliphatic rings. The first-order valence-corrected chi connectivity index (χ1v) is 7.65. The van der Waals surface area contributed by atoms with Crippen LogP contribution < -0.4 is 10.2 Å². The smallest absolute Gasteiger partial charge is 0.255 e. The van der Waals surface area contributed by atoms with Gasteiger partial charge in [0.25, 0.3) is 5.91 Å². The fourth-order valence-corrected chi connectivity index (χ4v) is 2.77. The number of amides is 1. The van der Waals surface area contributed by atoms with E-state index in [1.54, 1.807) is 36.4 Å². The number of halogens is 1. The van der Waals surface area contributed by atoms with Gasteiger partial charge in [-0.25, -0.2) is 4.39 Å². The predicted molar refractivity (Wildman–Crippen MR) is 86.9 cm³/mol. The summed E-state index contributed by atoms with van der Waals surface area (Å²) >= 11 is 0. The topological polar surface area (TPSA) is 32.3 Å². The fourth-order valence-electron chi connectivity index (χ4n) is 2.77. The van der Waals surface area contributed by atoms with Gasteiger partial charge in [0.15, 0.2) is 0 Å². The van der Waals surface area contributed by atoms with E-state index >= 15 is 0 Å². The minimum atomic E-state index is -0.284. The number of carbonyl (C=O) groups is 1. The van der Waals surface area contributed by atoms with Crippen LogP contribution in [-0.2, 0) is 0 Å². The Balaban J connectivity index is 1.73. The van der Waals surface area contributed by atoms with E-state index in [1.807, 2.05) is 6.07 Å². The first kappa shape index (κ1) is 14.6. The van der Waals surface area contributed by atoms with Gasteiger partial charge in [-0.05, 0) is 49.6 Å². The molecule has 3 nitrogen and oxygen atoms in total. The van der Waals surface area contributed by atoms with Crippen molar-refractivity contribution in [3.05, 3.63) is 59.9 Å². The molecular weight excluding hydrogens is 279 g/mol. The zero-order valence-electron chi connectivity index (χ0n) is 12.4. The van der Waals surface area contributed by atoms with Crippen molar-refractivity contribution in [2.75, 3.05) is 23.3 Å². The molecule has 0 unspecified atom stereocenters. The number of nitrogens with zero attached hydrogens (tertiary/aromatic N) is 1. The SMILES string of the molecule is O=C(Nc1ccc(N2CCCCC2)c(F)c1)c1ccccc1. The molecule has 1 saturated heterocycles. The number of anilines is 2. The molecule has 1 heterocycles. The molecule has 1 fully saturated rings. The normalized spacial score (nSPS) is 14.7. The van der Waals surface area contributed by atoms with E-state index < -0.39 is 0 Å².